The fourth-order valence-electron chi connectivity index (χ4n) is 7.05. The van der Waals surface area contributed by atoms with E-state index in [4.69, 9.17) is 4.84 Å². The van der Waals surface area contributed by atoms with Crippen LogP contribution in [0.4, 0.5) is 0 Å². The molecule has 0 bridgehead atoms. The molecule has 2 aromatic heterocycles. The average molecular weight is 639 g/mol. The standard InChI is InChI=1S/C41H38N2O3S/c1-5-7-15-27(6-2)24-43-34-22-21-28(38(42-46-26(4)44)29-16-9-8-14-25(29)3)23-33(34)36-39(43)31-18-11-10-17-30(31)37-40(45)32-19-12-13-20-35(32)47-41(36)37/h8-14,16-23,27H,5-7,15,24H2,1-4H3. The Hall–Kier alpha value is -4.81. The van der Waals surface area contributed by atoms with Gasteiger partial charge in [-0.15, -0.1) is 11.3 Å². The maximum absolute atomic E-state index is 14.3. The molecule has 0 aliphatic rings. The highest BCUT2D eigenvalue weighted by molar-refractivity contribution is 7.25. The van der Waals surface area contributed by atoms with Crippen LogP contribution in [-0.4, -0.2) is 16.2 Å². The molecule has 1 unspecified atom stereocenters. The number of carbonyl (C=O) groups excluding carboxylic acids is 1. The Balaban J connectivity index is 1.64. The highest BCUT2D eigenvalue weighted by Gasteiger charge is 2.23. The van der Waals surface area contributed by atoms with Gasteiger partial charge >= 0.3 is 5.97 Å². The minimum absolute atomic E-state index is 0.0657. The monoisotopic (exact) mass is 638 g/mol. The van der Waals surface area contributed by atoms with E-state index in [0.717, 1.165) is 82.4 Å². The molecule has 5 aromatic carbocycles. The summed E-state index contributed by atoms with van der Waals surface area (Å²) in [4.78, 5) is 31.5. The van der Waals surface area contributed by atoms with Gasteiger partial charge in [-0.2, -0.15) is 0 Å². The van der Waals surface area contributed by atoms with E-state index >= 15 is 0 Å². The van der Waals surface area contributed by atoms with Gasteiger partial charge in [0.2, 0.25) is 0 Å². The number of aromatic nitrogens is 1. The largest absolute Gasteiger partial charge is 0.340 e. The van der Waals surface area contributed by atoms with Gasteiger partial charge in [-0.3, -0.25) is 4.79 Å². The molecule has 7 aromatic rings. The Bertz CT molecular complexity index is 2420. The molecule has 2 heterocycles. The molecule has 7 rings (SSSR count). The van der Waals surface area contributed by atoms with Gasteiger partial charge in [0.25, 0.3) is 0 Å². The van der Waals surface area contributed by atoms with Gasteiger partial charge in [0.1, 0.15) is 5.71 Å². The highest BCUT2D eigenvalue weighted by Crippen LogP contribution is 2.44. The van der Waals surface area contributed by atoms with E-state index in [9.17, 15) is 9.59 Å². The average Bonchev–Trinajstić information content (AvgIpc) is 3.41. The molecular weight excluding hydrogens is 601 g/mol. The summed E-state index contributed by atoms with van der Waals surface area (Å²) in [7, 11) is 0. The lowest BCUT2D eigenvalue weighted by Gasteiger charge is -2.18. The van der Waals surface area contributed by atoms with E-state index in [-0.39, 0.29) is 5.43 Å². The van der Waals surface area contributed by atoms with Crippen molar-refractivity contribution in [2.45, 2.75) is 59.9 Å². The van der Waals surface area contributed by atoms with Gasteiger partial charge in [-0.1, -0.05) is 105 Å². The number of hydrogen-bond acceptors (Lipinski definition) is 5. The van der Waals surface area contributed by atoms with Crippen LogP contribution in [0.5, 0.6) is 0 Å². The van der Waals surface area contributed by atoms with Gasteiger partial charge in [0.05, 0.1) is 5.52 Å². The third-order valence-corrected chi connectivity index (χ3v) is 10.7. The lowest BCUT2D eigenvalue weighted by atomic mass is 9.96. The van der Waals surface area contributed by atoms with Crippen molar-refractivity contribution < 1.29 is 9.63 Å². The molecule has 0 aliphatic carbocycles. The van der Waals surface area contributed by atoms with Crippen LogP contribution < -0.4 is 5.43 Å². The van der Waals surface area contributed by atoms with E-state index in [0.29, 0.717) is 11.6 Å². The van der Waals surface area contributed by atoms with Crippen molar-refractivity contribution in [2.75, 3.05) is 0 Å². The number of nitrogens with zero attached hydrogens (tertiary/aromatic N) is 2. The zero-order valence-corrected chi connectivity index (χ0v) is 28.1. The fourth-order valence-corrected chi connectivity index (χ4v) is 8.30. The van der Waals surface area contributed by atoms with Gasteiger partial charge < -0.3 is 9.40 Å². The molecule has 0 N–H and O–H groups in total. The van der Waals surface area contributed by atoms with Crippen molar-refractivity contribution in [3.8, 4) is 0 Å². The van der Waals surface area contributed by atoms with Gasteiger partial charge in [0.15, 0.2) is 5.43 Å². The van der Waals surface area contributed by atoms with Crippen LogP contribution >= 0.6 is 11.3 Å². The second-order valence-corrected chi connectivity index (χ2v) is 13.5. The molecule has 0 fully saturated rings. The number of oxime groups is 1. The molecule has 236 valence electrons. The second kappa shape index (κ2) is 12.8. The second-order valence-electron chi connectivity index (χ2n) is 12.5. The highest BCUT2D eigenvalue weighted by atomic mass is 32.1. The zero-order chi connectivity index (χ0) is 32.7. The Kier molecular flexibility index (Phi) is 8.37. The Morgan fingerprint density at radius 2 is 1.60 bits per heavy atom. The maximum Gasteiger partial charge on any atom is 0.332 e. The summed E-state index contributed by atoms with van der Waals surface area (Å²) in [5.41, 5.74) is 5.73. The molecule has 0 aliphatic heterocycles. The lowest BCUT2D eigenvalue weighted by Crippen LogP contribution is -2.11. The first kappa shape index (κ1) is 30.8. The SMILES string of the molecule is CCCCC(CC)Cn1c2ccc(C(=NOC(C)=O)c3ccccc3C)cc2c2c3sc4ccccc4c(=O)c3c3ccccc3c21. The molecule has 0 saturated carbocycles. The third kappa shape index (κ3) is 5.40. The summed E-state index contributed by atoms with van der Waals surface area (Å²) in [6.45, 7) is 8.83. The number of rotatable bonds is 9. The smallest absolute Gasteiger partial charge is 0.332 e. The van der Waals surface area contributed by atoms with Crippen molar-refractivity contribution in [1.29, 1.82) is 0 Å². The number of hydrogen-bond donors (Lipinski definition) is 0. The van der Waals surface area contributed by atoms with Crippen molar-refractivity contribution >= 4 is 75.8 Å². The van der Waals surface area contributed by atoms with Crippen LogP contribution in [0.1, 0.15) is 63.1 Å². The van der Waals surface area contributed by atoms with Crippen molar-refractivity contribution in [3.05, 3.63) is 118 Å². The maximum atomic E-state index is 14.3. The number of fused-ring (bicyclic) bond motifs is 9. The fraction of sp³-hybridized carbons (Fsp3) is 0.244. The van der Waals surface area contributed by atoms with Crippen molar-refractivity contribution in [1.82, 2.24) is 4.57 Å². The molecule has 5 nitrogen and oxygen atoms in total. The van der Waals surface area contributed by atoms with Crippen LogP contribution in [0.2, 0.25) is 0 Å². The van der Waals surface area contributed by atoms with E-state index in [1.807, 2.05) is 61.5 Å². The van der Waals surface area contributed by atoms with E-state index in [2.05, 4.69) is 60.0 Å². The molecule has 1 atom stereocenters. The van der Waals surface area contributed by atoms with Crippen LogP contribution in [0.3, 0.4) is 0 Å². The summed E-state index contributed by atoms with van der Waals surface area (Å²) in [5.74, 6) is 0.0480. The summed E-state index contributed by atoms with van der Waals surface area (Å²) in [6.07, 6.45) is 4.63. The van der Waals surface area contributed by atoms with Crippen LogP contribution in [0.15, 0.2) is 101 Å². The van der Waals surface area contributed by atoms with Gasteiger partial charge in [-0.05, 0) is 54.5 Å². The lowest BCUT2D eigenvalue weighted by molar-refractivity contribution is -0.140. The molecule has 0 radical (unpaired) electrons. The Labute approximate surface area is 278 Å². The minimum Gasteiger partial charge on any atom is -0.340 e. The quantitative estimate of drug-likeness (QED) is 0.0520. The van der Waals surface area contributed by atoms with Crippen molar-refractivity contribution in [3.63, 3.8) is 0 Å². The summed E-state index contributed by atoms with van der Waals surface area (Å²) >= 11 is 1.69. The van der Waals surface area contributed by atoms with E-state index in [1.165, 1.54) is 26.2 Å². The zero-order valence-electron chi connectivity index (χ0n) is 27.3. The third-order valence-electron chi connectivity index (χ3n) is 9.46. The Morgan fingerprint density at radius 1 is 0.872 bits per heavy atom. The molecule has 6 heteroatoms. The van der Waals surface area contributed by atoms with E-state index in [1.54, 1.807) is 11.3 Å². The number of unbranched alkanes of at least 4 members (excludes halogenated alkanes) is 1. The first-order chi connectivity index (χ1) is 22.9. The molecule has 0 spiro atoms. The number of aryl methyl sites for hydroxylation is 1. The van der Waals surface area contributed by atoms with E-state index < -0.39 is 5.97 Å². The van der Waals surface area contributed by atoms with Gasteiger partial charge in [-0.25, -0.2) is 4.79 Å². The predicted octanol–water partition coefficient (Wildman–Crippen LogP) is 10.5. The van der Waals surface area contributed by atoms with Crippen molar-refractivity contribution in [2.24, 2.45) is 11.1 Å². The molecule has 0 saturated heterocycles. The van der Waals surface area contributed by atoms with Gasteiger partial charge in [0, 0.05) is 66.4 Å². The number of carbonyl (C=O) groups is 1. The first-order valence-corrected chi connectivity index (χ1v) is 17.4. The van der Waals surface area contributed by atoms with Crippen LogP contribution in [-0.2, 0) is 16.2 Å². The molecule has 0 amide bonds. The summed E-state index contributed by atoms with van der Waals surface area (Å²) < 4.78 is 4.48. The Morgan fingerprint density at radius 3 is 2.34 bits per heavy atom. The van der Waals surface area contributed by atoms with Crippen LogP contribution in [0, 0.1) is 12.8 Å². The number of benzene rings is 5. The van der Waals surface area contributed by atoms with Crippen LogP contribution in [0.25, 0.3) is 52.8 Å². The molecular formula is C41H38N2O3S. The summed E-state index contributed by atoms with van der Waals surface area (Å²) in [5, 5.41) is 10.1. The predicted molar refractivity (Wildman–Crippen MR) is 198 cm³/mol. The topological polar surface area (TPSA) is 60.7 Å². The summed E-state index contributed by atoms with van der Waals surface area (Å²) in [6, 6.07) is 30.8. The minimum atomic E-state index is -0.472. The first-order valence-electron chi connectivity index (χ1n) is 16.5. The normalized spacial score (nSPS) is 12.9. The molecule has 47 heavy (non-hydrogen) atoms.